The summed E-state index contributed by atoms with van der Waals surface area (Å²) in [6.45, 7) is 0. The first-order chi connectivity index (χ1) is 5.29. The Labute approximate surface area is 78.3 Å². The van der Waals surface area contributed by atoms with E-state index in [0.717, 1.165) is 9.26 Å². The molecule has 0 aliphatic carbocycles. The van der Waals surface area contributed by atoms with Gasteiger partial charge in [-0.2, -0.15) is 5.26 Å². The molecule has 3 nitrogen and oxygen atoms in total. The number of hydrogen-bond acceptors (Lipinski definition) is 3. The number of benzene rings is 1. The van der Waals surface area contributed by atoms with Gasteiger partial charge >= 0.3 is 0 Å². The molecule has 4 heteroatoms. The van der Waals surface area contributed by atoms with Crippen molar-refractivity contribution in [1.29, 1.82) is 5.26 Å². The molecule has 0 aromatic heterocycles. The van der Waals surface area contributed by atoms with Crippen molar-refractivity contribution in [3.63, 3.8) is 0 Å². The van der Waals surface area contributed by atoms with Crippen LogP contribution in [-0.2, 0) is 0 Å². The summed E-state index contributed by atoms with van der Waals surface area (Å²) >= 11 is 2.08. The standard InChI is InChI=1S/C7H6IN3/c8-7-5(4-9)2-1-3-6(7)11-10/h1-3,11H,10H2. The summed E-state index contributed by atoms with van der Waals surface area (Å²) in [5.74, 6) is 5.21. The number of hydrazine groups is 1. The van der Waals surface area contributed by atoms with E-state index in [1.807, 2.05) is 6.07 Å². The molecule has 0 fully saturated rings. The molecule has 0 atom stereocenters. The van der Waals surface area contributed by atoms with Crippen LogP contribution in [0.4, 0.5) is 5.69 Å². The zero-order chi connectivity index (χ0) is 8.27. The summed E-state index contributed by atoms with van der Waals surface area (Å²) in [6.07, 6.45) is 0. The molecule has 0 spiro atoms. The SMILES string of the molecule is N#Cc1cccc(NN)c1I. The first-order valence-corrected chi connectivity index (χ1v) is 4.02. The Morgan fingerprint density at radius 1 is 1.55 bits per heavy atom. The van der Waals surface area contributed by atoms with Gasteiger partial charge in [-0.1, -0.05) is 6.07 Å². The van der Waals surface area contributed by atoms with Crippen molar-refractivity contribution in [2.24, 2.45) is 5.84 Å². The van der Waals surface area contributed by atoms with Crippen molar-refractivity contribution in [1.82, 2.24) is 0 Å². The predicted octanol–water partition coefficient (Wildman–Crippen LogP) is 1.45. The van der Waals surface area contributed by atoms with Crippen LogP contribution in [0.2, 0.25) is 0 Å². The van der Waals surface area contributed by atoms with Crippen LogP contribution in [0.15, 0.2) is 18.2 Å². The molecule has 1 aromatic rings. The molecule has 0 bridgehead atoms. The molecule has 1 aromatic carbocycles. The van der Waals surface area contributed by atoms with Crippen LogP contribution in [-0.4, -0.2) is 0 Å². The van der Waals surface area contributed by atoms with E-state index < -0.39 is 0 Å². The topological polar surface area (TPSA) is 61.8 Å². The minimum atomic E-state index is 0.640. The van der Waals surface area contributed by atoms with Crippen molar-refractivity contribution in [2.45, 2.75) is 0 Å². The van der Waals surface area contributed by atoms with Crippen molar-refractivity contribution in [3.8, 4) is 6.07 Å². The van der Waals surface area contributed by atoms with E-state index in [1.165, 1.54) is 0 Å². The number of halogens is 1. The Hall–Kier alpha value is -0.800. The second-order valence-electron chi connectivity index (χ2n) is 1.92. The van der Waals surface area contributed by atoms with E-state index in [4.69, 9.17) is 11.1 Å². The van der Waals surface area contributed by atoms with Crippen LogP contribution in [0.25, 0.3) is 0 Å². The minimum absolute atomic E-state index is 0.640. The lowest BCUT2D eigenvalue weighted by atomic mass is 10.2. The van der Waals surface area contributed by atoms with Gasteiger partial charge < -0.3 is 5.43 Å². The first kappa shape index (κ1) is 8.30. The molecular weight excluding hydrogens is 253 g/mol. The average molecular weight is 259 g/mol. The van der Waals surface area contributed by atoms with Gasteiger partial charge in [-0.15, -0.1) is 0 Å². The number of hydrogen-bond donors (Lipinski definition) is 2. The fourth-order valence-electron chi connectivity index (χ4n) is 0.730. The molecule has 11 heavy (non-hydrogen) atoms. The van der Waals surface area contributed by atoms with Crippen LogP contribution in [0.5, 0.6) is 0 Å². The highest BCUT2D eigenvalue weighted by Crippen LogP contribution is 2.19. The lowest BCUT2D eigenvalue weighted by molar-refractivity contribution is 1.33. The zero-order valence-corrected chi connectivity index (χ0v) is 7.79. The second-order valence-corrected chi connectivity index (χ2v) is 3.00. The predicted molar refractivity (Wildman–Crippen MR) is 51.7 cm³/mol. The molecule has 0 saturated heterocycles. The lowest BCUT2D eigenvalue weighted by Gasteiger charge is -2.02. The maximum atomic E-state index is 8.61. The fourth-order valence-corrected chi connectivity index (χ4v) is 1.37. The van der Waals surface area contributed by atoms with Crippen molar-refractivity contribution in [2.75, 3.05) is 5.43 Å². The molecule has 0 radical (unpaired) electrons. The molecule has 0 unspecified atom stereocenters. The Kier molecular flexibility index (Phi) is 2.68. The molecule has 3 N–H and O–H groups in total. The quantitative estimate of drug-likeness (QED) is 0.456. The van der Waals surface area contributed by atoms with E-state index in [2.05, 4.69) is 34.1 Å². The molecule has 0 aliphatic rings. The third-order valence-corrected chi connectivity index (χ3v) is 2.44. The van der Waals surface area contributed by atoms with Gasteiger partial charge in [0.1, 0.15) is 6.07 Å². The zero-order valence-electron chi connectivity index (χ0n) is 5.63. The molecular formula is C7H6IN3. The summed E-state index contributed by atoms with van der Waals surface area (Å²) in [7, 11) is 0. The monoisotopic (exact) mass is 259 g/mol. The molecule has 56 valence electrons. The van der Waals surface area contributed by atoms with Crippen LogP contribution in [0.3, 0.4) is 0 Å². The number of rotatable bonds is 1. The highest BCUT2D eigenvalue weighted by Gasteiger charge is 2.01. The molecule has 0 saturated carbocycles. The third-order valence-electron chi connectivity index (χ3n) is 1.27. The maximum Gasteiger partial charge on any atom is 0.100 e. The molecule has 0 heterocycles. The van der Waals surface area contributed by atoms with Gasteiger partial charge in [0.05, 0.1) is 14.8 Å². The largest absolute Gasteiger partial charge is 0.323 e. The number of nitrogens with two attached hydrogens (primary N) is 1. The fraction of sp³-hybridized carbons (Fsp3) is 0. The van der Waals surface area contributed by atoms with Crippen LogP contribution in [0.1, 0.15) is 5.56 Å². The maximum absolute atomic E-state index is 8.61. The van der Waals surface area contributed by atoms with Gasteiger partial charge in [0.15, 0.2) is 0 Å². The van der Waals surface area contributed by atoms with Gasteiger partial charge in [-0.3, -0.25) is 5.84 Å². The van der Waals surface area contributed by atoms with Gasteiger partial charge in [0.2, 0.25) is 0 Å². The normalized spacial score (nSPS) is 8.82. The van der Waals surface area contributed by atoms with E-state index >= 15 is 0 Å². The van der Waals surface area contributed by atoms with Gasteiger partial charge in [0.25, 0.3) is 0 Å². The molecule has 0 aliphatic heterocycles. The van der Waals surface area contributed by atoms with Crippen molar-refractivity contribution in [3.05, 3.63) is 27.3 Å². The highest BCUT2D eigenvalue weighted by molar-refractivity contribution is 14.1. The summed E-state index contributed by atoms with van der Waals surface area (Å²) in [4.78, 5) is 0. The second kappa shape index (κ2) is 3.55. The smallest absolute Gasteiger partial charge is 0.100 e. The molecule has 0 amide bonds. The summed E-state index contributed by atoms with van der Waals surface area (Å²) in [6, 6.07) is 7.43. The Bertz CT molecular complexity index is 303. The van der Waals surface area contributed by atoms with Crippen LogP contribution >= 0.6 is 22.6 Å². The van der Waals surface area contributed by atoms with Crippen molar-refractivity contribution < 1.29 is 0 Å². The van der Waals surface area contributed by atoms with Crippen LogP contribution in [0, 0.1) is 14.9 Å². The third kappa shape index (κ3) is 1.61. The summed E-state index contributed by atoms with van der Waals surface area (Å²) in [5.41, 5.74) is 3.93. The number of nitrogens with one attached hydrogen (secondary N) is 1. The van der Waals surface area contributed by atoms with E-state index in [-0.39, 0.29) is 0 Å². The van der Waals surface area contributed by atoms with E-state index in [1.54, 1.807) is 12.1 Å². The summed E-state index contributed by atoms with van der Waals surface area (Å²) in [5, 5.41) is 8.61. The average Bonchev–Trinajstić information content (AvgIpc) is 2.05. The first-order valence-electron chi connectivity index (χ1n) is 2.95. The Morgan fingerprint density at radius 3 is 2.82 bits per heavy atom. The lowest BCUT2D eigenvalue weighted by Crippen LogP contribution is -2.08. The van der Waals surface area contributed by atoms with E-state index in [0.29, 0.717) is 5.56 Å². The number of nitrogens with zero attached hydrogens (tertiary/aromatic N) is 1. The van der Waals surface area contributed by atoms with E-state index in [9.17, 15) is 0 Å². The number of nitriles is 1. The van der Waals surface area contributed by atoms with Gasteiger partial charge in [-0.25, -0.2) is 0 Å². The number of nitrogen functional groups attached to an aromatic ring is 1. The Balaban J connectivity index is 3.23. The van der Waals surface area contributed by atoms with Gasteiger partial charge in [0, 0.05) is 0 Å². The molecule has 1 rings (SSSR count). The van der Waals surface area contributed by atoms with Crippen molar-refractivity contribution >= 4 is 28.3 Å². The summed E-state index contributed by atoms with van der Waals surface area (Å²) < 4.78 is 0.857. The number of anilines is 1. The highest BCUT2D eigenvalue weighted by atomic mass is 127. The van der Waals surface area contributed by atoms with Crippen LogP contribution < -0.4 is 11.3 Å². The minimum Gasteiger partial charge on any atom is -0.323 e. The Morgan fingerprint density at radius 2 is 2.27 bits per heavy atom. The van der Waals surface area contributed by atoms with Gasteiger partial charge in [-0.05, 0) is 34.7 Å².